The molecule has 1 N–H and O–H groups in total. The molecule has 0 spiro atoms. The van der Waals surface area contributed by atoms with Gasteiger partial charge in [-0.05, 0) is 23.5 Å². The summed E-state index contributed by atoms with van der Waals surface area (Å²) in [6, 6.07) is 3.37. The molecule has 1 heterocycles. The van der Waals surface area contributed by atoms with E-state index in [0.717, 1.165) is 0 Å². The van der Waals surface area contributed by atoms with E-state index in [0.29, 0.717) is 18.2 Å². The molecule has 15 heavy (non-hydrogen) atoms. The summed E-state index contributed by atoms with van der Waals surface area (Å²) < 4.78 is 5.00. The molecule has 0 aliphatic carbocycles. The second kappa shape index (κ2) is 4.51. The van der Waals surface area contributed by atoms with Crippen molar-refractivity contribution in [3.8, 4) is 0 Å². The van der Waals surface area contributed by atoms with Crippen molar-refractivity contribution in [1.82, 2.24) is 5.32 Å². The van der Waals surface area contributed by atoms with Gasteiger partial charge in [0.2, 0.25) is 0 Å². The number of carbonyl (C=O) groups excluding carboxylic acids is 1. The lowest BCUT2D eigenvalue weighted by Crippen LogP contribution is -2.33. The molecule has 1 atom stereocenters. The molecule has 1 rings (SSSR count). The zero-order chi connectivity index (χ0) is 11.5. The fourth-order valence-electron chi connectivity index (χ4n) is 1.05. The summed E-state index contributed by atoms with van der Waals surface area (Å²) in [6.07, 6.45) is 1.50. The van der Waals surface area contributed by atoms with Crippen molar-refractivity contribution < 1.29 is 9.21 Å². The van der Waals surface area contributed by atoms with E-state index >= 15 is 0 Å². The first-order chi connectivity index (χ1) is 6.91. The molecule has 1 unspecified atom stereocenters. The van der Waals surface area contributed by atoms with Gasteiger partial charge in [-0.3, -0.25) is 4.79 Å². The quantitative estimate of drug-likeness (QED) is 0.831. The highest BCUT2D eigenvalue weighted by Gasteiger charge is 2.20. The Hall–Kier alpha value is -1.25. The smallest absolute Gasteiger partial charge is 0.286 e. The van der Waals surface area contributed by atoms with Gasteiger partial charge in [0.15, 0.2) is 5.76 Å². The number of rotatable bonds is 3. The Morgan fingerprint density at radius 1 is 1.53 bits per heavy atom. The van der Waals surface area contributed by atoms with Crippen LogP contribution in [-0.2, 0) is 0 Å². The van der Waals surface area contributed by atoms with Crippen molar-refractivity contribution in [1.29, 1.82) is 0 Å². The van der Waals surface area contributed by atoms with E-state index in [4.69, 9.17) is 4.42 Å². The lowest BCUT2D eigenvalue weighted by atomic mass is 9.82. The third-order valence-electron chi connectivity index (χ3n) is 2.79. The third-order valence-corrected chi connectivity index (χ3v) is 2.79. The molecule has 0 fully saturated rings. The monoisotopic (exact) mass is 209 g/mol. The number of nitrogens with one attached hydrogen (secondary N) is 1. The lowest BCUT2D eigenvalue weighted by Gasteiger charge is -2.27. The Morgan fingerprint density at radius 2 is 2.20 bits per heavy atom. The maximum absolute atomic E-state index is 11.5. The maximum Gasteiger partial charge on any atom is 0.286 e. The Morgan fingerprint density at radius 3 is 2.67 bits per heavy atom. The van der Waals surface area contributed by atoms with Crippen LogP contribution in [0.1, 0.15) is 38.2 Å². The van der Waals surface area contributed by atoms with Gasteiger partial charge >= 0.3 is 0 Å². The molecular formula is C12H19NO2. The van der Waals surface area contributed by atoms with Gasteiger partial charge in [-0.25, -0.2) is 0 Å². The maximum atomic E-state index is 11.5. The van der Waals surface area contributed by atoms with E-state index in [-0.39, 0.29) is 11.3 Å². The molecule has 84 valence electrons. The molecule has 1 amide bonds. The number of amides is 1. The minimum absolute atomic E-state index is 0.142. The molecule has 0 aliphatic heterocycles. The van der Waals surface area contributed by atoms with Crippen molar-refractivity contribution in [2.45, 2.75) is 27.7 Å². The number of furan rings is 1. The largest absolute Gasteiger partial charge is 0.459 e. The van der Waals surface area contributed by atoms with Crippen LogP contribution in [-0.4, -0.2) is 12.5 Å². The Balaban J connectivity index is 2.42. The van der Waals surface area contributed by atoms with E-state index in [1.165, 1.54) is 6.26 Å². The van der Waals surface area contributed by atoms with Crippen molar-refractivity contribution in [3.63, 3.8) is 0 Å². The van der Waals surface area contributed by atoms with Crippen LogP contribution in [0.25, 0.3) is 0 Å². The summed E-state index contributed by atoms with van der Waals surface area (Å²) in [6.45, 7) is 9.29. The molecule has 3 nitrogen and oxygen atoms in total. The average Bonchev–Trinajstić information content (AvgIpc) is 2.64. The molecule has 0 saturated carbocycles. The second-order valence-corrected chi connectivity index (χ2v) is 4.95. The first-order valence-corrected chi connectivity index (χ1v) is 5.23. The molecule has 0 bridgehead atoms. The second-order valence-electron chi connectivity index (χ2n) is 4.95. The van der Waals surface area contributed by atoms with Gasteiger partial charge in [0.05, 0.1) is 6.26 Å². The highest BCUT2D eigenvalue weighted by molar-refractivity contribution is 5.91. The molecule has 0 aromatic carbocycles. The van der Waals surface area contributed by atoms with Crippen LogP contribution in [0.4, 0.5) is 0 Å². The summed E-state index contributed by atoms with van der Waals surface area (Å²) >= 11 is 0. The molecular weight excluding hydrogens is 190 g/mol. The fourth-order valence-corrected chi connectivity index (χ4v) is 1.05. The predicted octanol–water partition coefficient (Wildman–Crippen LogP) is 2.69. The number of hydrogen-bond acceptors (Lipinski definition) is 2. The van der Waals surface area contributed by atoms with E-state index in [1.807, 2.05) is 0 Å². The van der Waals surface area contributed by atoms with Gasteiger partial charge in [0, 0.05) is 6.54 Å². The van der Waals surface area contributed by atoms with Crippen molar-refractivity contribution in [3.05, 3.63) is 24.2 Å². The van der Waals surface area contributed by atoms with Crippen LogP contribution in [0, 0.1) is 11.3 Å². The summed E-state index contributed by atoms with van der Waals surface area (Å²) in [5, 5.41) is 2.86. The van der Waals surface area contributed by atoms with Gasteiger partial charge in [0.25, 0.3) is 5.91 Å². The standard InChI is InChI=1S/C12H19NO2/c1-9(12(2,3)4)8-13-11(14)10-6-5-7-15-10/h5-7,9H,8H2,1-4H3,(H,13,14). The summed E-state index contributed by atoms with van der Waals surface area (Å²) in [4.78, 5) is 11.5. The Kier molecular flexibility index (Phi) is 3.56. The van der Waals surface area contributed by atoms with Crippen LogP contribution in [0.5, 0.6) is 0 Å². The van der Waals surface area contributed by atoms with Crippen LogP contribution < -0.4 is 5.32 Å². The summed E-state index contributed by atoms with van der Waals surface area (Å²) in [5.74, 6) is 0.656. The number of hydrogen-bond donors (Lipinski definition) is 1. The predicted molar refractivity (Wildman–Crippen MR) is 59.7 cm³/mol. The van der Waals surface area contributed by atoms with Crippen LogP contribution in [0.2, 0.25) is 0 Å². The van der Waals surface area contributed by atoms with Gasteiger partial charge in [-0.1, -0.05) is 27.7 Å². The average molecular weight is 209 g/mol. The molecule has 1 aromatic rings. The van der Waals surface area contributed by atoms with Crippen LogP contribution in [0.15, 0.2) is 22.8 Å². The lowest BCUT2D eigenvalue weighted by molar-refractivity contribution is 0.0909. The SMILES string of the molecule is CC(CNC(=O)c1ccco1)C(C)(C)C. The van der Waals surface area contributed by atoms with Gasteiger partial charge in [-0.15, -0.1) is 0 Å². The molecule has 0 saturated heterocycles. The minimum atomic E-state index is -0.142. The molecule has 0 radical (unpaired) electrons. The van der Waals surface area contributed by atoms with Crippen LogP contribution in [0.3, 0.4) is 0 Å². The molecule has 3 heteroatoms. The third kappa shape index (κ3) is 3.42. The molecule has 1 aromatic heterocycles. The Labute approximate surface area is 90.9 Å². The van der Waals surface area contributed by atoms with E-state index < -0.39 is 0 Å². The topological polar surface area (TPSA) is 42.2 Å². The van der Waals surface area contributed by atoms with Gasteiger partial charge < -0.3 is 9.73 Å². The minimum Gasteiger partial charge on any atom is -0.459 e. The first kappa shape index (κ1) is 11.8. The van der Waals surface area contributed by atoms with Gasteiger partial charge in [0.1, 0.15) is 0 Å². The highest BCUT2D eigenvalue weighted by atomic mass is 16.3. The van der Waals surface area contributed by atoms with E-state index in [2.05, 4.69) is 33.0 Å². The fraction of sp³-hybridized carbons (Fsp3) is 0.583. The number of carbonyl (C=O) groups is 1. The normalized spacial score (nSPS) is 13.6. The zero-order valence-corrected chi connectivity index (χ0v) is 9.83. The summed E-state index contributed by atoms with van der Waals surface area (Å²) in [7, 11) is 0. The highest BCUT2D eigenvalue weighted by Crippen LogP contribution is 2.24. The van der Waals surface area contributed by atoms with E-state index in [9.17, 15) is 4.79 Å². The van der Waals surface area contributed by atoms with Crippen LogP contribution >= 0.6 is 0 Å². The summed E-state index contributed by atoms with van der Waals surface area (Å²) in [5.41, 5.74) is 0.205. The van der Waals surface area contributed by atoms with Crippen molar-refractivity contribution in [2.75, 3.05) is 6.54 Å². The zero-order valence-electron chi connectivity index (χ0n) is 9.83. The first-order valence-electron chi connectivity index (χ1n) is 5.23. The molecule has 0 aliphatic rings. The van der Waals surface area contributed by atoms with Crippen molar-refractivity contribution in [2.24, 2.45) is 11.3 Å². The van der Waals surface area contributed by atoms with E-state index in [1.54, 1.807) is 12.1 Å². The van der Waals surface area contributed by atoms with Gasteiger partial charge in [-0.2, -0.15) is 0 Å². The van der Waals surface area contributed by atoms with Crippen molar-refractivity contribution >= 4 is 5.91 Å². The Bertz CT molecular complexity index is 309.